The summed E-state index contributed by atoms with van der Waals surface area (Å²) in [6, 6.07) is 0. The highest BCUT2D eigenvalue weighted by Gasteiger charge is 1.83. The number of halogens is 2. The Morgan fingerprint density at radius 3 is 1.67 bits per heavy atom. The Kier molecular flexibility index (Phi) is 9.87. The fourth-order valence-electron chi connectivity index (χ4n) is 0. The Morgan fingerprint density at radius 2 is 1.67 bits per heavy atom. The van der Waals surface area contributed by atoms with Crippen LogP contribution in [0, 0.1) is 0 Å². The molecular weight excluding hydrogens is 167 g/mol. The summed E-state index contributed by atoms with van der Waals surface area (Å²) < 4.78 is 0. The minimum Gasteiger partial charge on any atom is -0.481 e. The maximum absolute atomic E-state index is 9.45. The van der Waals surface area contributed by atoms with Gasteiger partial charge in [-0.25, -0.2) is 0 Å². The zero-order chi connectivity index (χ0) is 7.86. The third-order valence-corrected chi connectivity index (χ3v) is 0.618. The van der Waals surface area contributed by atoms with Gasteiger partial charge in [-0.15, -0.1) is 11.6 Å². The van der Waals surface area contributed by atoms with Gasteiger partial charge in [-0.3, -0.25) is 9.59 Å². The third kappa shape index (κ3) is 85.4. The molecule has 0 aliphatic heterocycles. The Bertz CT molecular complexity index is 98.0. The van der Waals surface area contributed by atoms with E-state index in [1.54, 1.807) is 0 Å². The molecule has 0 atom stereocenters. The molecule has 0 unspecified atom stereocenters. The zero-order valence-electron chi connectivity index (χ0n) is 4.73. The third-order valence-electron chi connectivity index (χ3n) is 0.105. The molecule has 0 spiro atoms. The lowest BCUT2D eigenvalue weighted by Gasteiger charge is -1.65. The van der Waals surface area contributed by atoms with Crippen LogP contribution in [0.15, 0.2) is 0 Å². The van der Waals surface area contributed by atoms with Gasteiger partial charge < -0.3 is 5.11 Å². The number of hydrogen-bond acceptors (Lipinski definition) is 2. The number of hydrogen-bond donors (Lipinski definition) is 1. The van der Waals surface area contributed by atoms with Gasteiger partial charge in [0.1, 0.15) is 0 Å². The average Bonchev–Trinajstić information content (AvgIpc) is 1.65. The lowest BCUT2D eigenvalue weighted by molar-refractivity contribution is -0.134. The normalized spacial score (nSPS) is 7.00. The second-order valence-corrected chi connectivity index (χ2v) is 1.70. The first-order chi connectivity index (χ1) is 4.00. The first-order valence-electron chi connectivity index (χ1n) is 1.94. The molecule has 0 rings (SSSR count). The van der Waals surface area contributed by atoms with Gasteiger partial charge in [0.05, 0.1) is 5.88 Å². The van der Waals surface area contributed by atoms with Gasteiger partial charge in [-0.1, -0.05) is 0 Å². The second kappa shape index (κ2) is 7.72. The number of carboxylic acids is 1. The van der Waals surface area contributed by atoms with Gasteiger partial charge in [-0.05, 0) is 11.6 Å². The number of carboxylic acid groups (broad SMARTS) is 1. The number of alkyl halides is 1. The summed E-state index contributed by atoms with van der Waals surface area (Å²) in [5.74, 6) is -0.929. The van der Waals surface area contributed by atoms with E-state index in [9.17, 15) is 4.79 Å². The van der Waals surface area contributed by atoms with Crippen LogP contribution in [-0.4, -0.2) is 22.2 Å². The van der Waals surface area contributed by atoms with Crippen molar-refractivity contribution in [1.29, 1.82) is 0 Å². The molecule has 5 heteroatoms. The number of carbonyl (C=O) groups is 2. The molecule has 3 nitrogen and oxygen atoms in total. The number of carbonyl (C=O) groups excluding carboxylic acids is 1. The van der Waals surface area contributed by atoms with Crippen LogP contribution < -0.4 is 0 Å². The van der Waals surface area contributed by atoms with Crippen LogP contribution in [0.5, 0.6) is 0 Å². The van der Waals surface area contributed by atoms with Crippen molar-refractivity contribution in [2.24, 2.45) is 0 Å². The minimum atomic E-state index is -0.833. The van der Waals surface area contributed by atoms with Crippen molar-refractivity contribution in [3.63, 3.8) is 0 Å². The quantitative estimate of drug-likeness (QED) is 0.476. The highest BCUT2D eigenvalue weighted by Crippen LogP contribution is 1.80. The lowest BCUT2D eigenvalue weighted by atomic mass is 10.9. The first-order valence-corrected chi connectivity index (χ1v) is 2.85. The molecule has 54 valence electrons. The Balaban J connectivity index is 0. The van der Waals surface area contributed by atoms with Crippen molar-refractivity contribution in [1.82, 2.24) is 0 Å². The monoisotopic (exact) mass is 172 g/mol. The molecule has 0 amide bonds. The summed E-state index contributed by atoms with van der Waals surface area (Å²) in [5.41, 5.74) is 0. The summed E-state index contributed by atoms with van der Waals surface area (Å²) in [6.45, 7) is 1.08. The van der Waals surface area contributed by atoms with Gasteiger partial charge in [0, 0.05) is 6.92 Å². The van der Waals surface area contributed by atoms with Crippen molar-refractivity contribution in [3.05, 3.63) is 0 Å². The molecule has 0 radical (unpaired) electrons. The van der Waals surface area contributed by atoms with Gasteiger partial charge in [0.25, 0.3) is 5.97 Å². The van der Waals surface area contributed by atoms with Gasteiger partial charge in [0.2, 0.25) is 5.24 Å². The van der Waals surface area contributed by atoms with Crippen LogP contribution in [0.2, 0.25) is 0 Å². The van der Waals surface area contributed by atoms with E-state index in [1.165, 1.54) is 0 Å². The maximum Gasteiger partial charge on any atom is 0.300 e. The van der Waals surface area contributed by atoms with Crippen molar-refractivity contribution in [3.8, 4) is 0 Å². The van der Waals surface area contributed by atoms with Crippen LogP contribution in [0.3, 0.4) is 0 Å². The summed E-state index contributed by atoms with van der Waals surface area (Å²) in [7, 11) is 0. The molecule has 0 aliphatic carbocycles. The summed E-state index contributed by atoms with van der Waals surface area (Å²) >= 11 is 9.55. The zero-order valence-corrected chi connectivity index (χ0v) is 6.24. The molecule has 0 aliphatic rings. The molecule has 0 aromatic carbocycles. The van der Waals surface area contributed by atoms with Gasteiger partial charge >= 0.3 is 0 Å². The predicted molar refractivity (Wildman–Crippen MR) is 34.9 cm³/mol. The SMILES string of the molecule is CC(=O)O.O=C(Cl)CCl. The largest absolute Gasteiger partial charge is 0.481 e. The van der Waals surface area contributed by atoms with Crippen LogP contribution in [0.1, 0.15) is 6.92 Å². The number of rotatable bonds is 1. The minimum absolute atomic E-state index is 0.0957. The molecule has 0 heterocycles. The number of aliphatic carboxylic acids is 1. The van der Waals surface area contributed by atoms with E-state index in [-0.39, 0.29) is 5.88 Å². The van der Waals surface area contributed by atoms with E-state index >= 15 is 0 Å². The average molecular weight is 173 g/mol. The lowest BCUT2D eigenvalue weighted by Crippen LogP contribution is -1.81. The Morgan fingerprint density at radius 1 is 1.56 bits per heavy atom. The fraction of sp³-hybridized carbons (Fsp3) is 0.500. The van der Waals surface area contributed by atoms with E-state index in [0.717, 1.165) is 6.92 Å². The van der Waals surface area contributed by atoms with E-state index < -0.39 is 11.2 Å². The summed E-state index contributed by atoms with van der Waals surface area (Å²) in [4.78, 5) is 18.4. The molecule has 0 saturated carbocycles. The Labute approximate surface area is 62.6 Å². The van der Waals surface area contributed by atoms with Crippen LogP contribution in [-0.2, 0) is 9.59 Å². The molecule has 0 aromatic rings. The fourth-order valence-corrected chi connectivity index (χ4v) is 0. The molecule has 0 fully saturated rings. The molecule has 0 saturated heterocycles. The first kappa shape index (κ1) is 11.5. The molecule has 0 bridgehead atoms. The van der Waals surface area contributed by atoms with E-state index in [4.69, 9.17) is 33.1 Å². The van der Waals surface area contributed by atoms with Crippen LogP contribution >= 0.6 is 23.2 Å². The van der Waals surface area contributed by atoms with Crippen molar-refractivity contribution in [2.75, 3.05) is 5.88 Å². The highest BCUT2D eigenvalue weighted by molar-refractivity contribution is 6.67. The second-order valence-electron chi connectivity index (χ2n) is 1.01. The van der Waals surface area contributed by atoms with E-state index in [0.29, 0.717) is 0 Å². The van der Waals surface area contributed by atoms with Crippen LogP contribution in [0.25, 0.3) is 0 Å². The Hall–Kier alpha value is -0.280. The van der Waals surface area contributed by atoms with Gasteiger partial charge in [0.15, 0.2) is 0 Å². The molecule has 1 N–H and O–H groups in total. The summed E-state index contributed by atoms with van der Waals surface area (Å²) in [6.07, 6.45) is 0. The predicted octanol–water partition coefficient (Wildman–Crippen LogP) is 1.08. The molecule has 9 heavy (non-hydrogen) atoms. The molecular formula is C4H6Cl2O3. The summed E-state index contributed by atoms with van der Waals surface area (Å²) in [5, 5.41) is 6.91. The van der Waals surface area contributed by atoms with Crippen LogP contribution in [0.4, 0.5) is 0 Å². The van der Waals surface area contributed by atoms with E-state index in [1.807, 2.05) is 0 Å². The van der Waals surface area contributed by atoms with Crippen molar-refractivity contribution in [2.45, 2.75) is 6.92 Å². The maximum atomic E-state index is 9.45. The highest BCUT2D eigenvalue weighted by atomic mass is 35.5. The molecule has 0 aromatic heterocycles. The standard InChI is InChI=1S/C2H2Cl2O.C2H4O2/c3-1-2(4)5;1-2(3)4/h1H2;1H3,(H,3,4). The van der Waals surface area contributed by atoms with Crippen molar-refractivity contribution < 1.29 is 14.7 Å². The van der Waals surface area contributed by atoms with E-state index in [2.05, 4.69) is 0 Å². The van der Waals surface area contributed by atoms with Crippen molar-refractivity contribution >= 4 is 34.4 Å². The van der Waals surface area contributed by atoms with Gasteiger partial charge in [-0.2, -0.15) is 0 Å². The topological polar surface area (TPSA) is 54.4 Å². The smallest absolute Gasteiger partial charge is 0.300 e.